The van der Waals surface area contributed by atoms with Crippen molar-refractivity contribution in [3.8, 4) is 17.2 Å². The van der Waals surface area contributed by atoms with Gasteiger partial charge in [-0.1, -0.05) is 36.8 Å². The molecular weight excluding hydrogens is 458 g/mol. The first-order valence-electron chi connectivity index (χ1n) is 11.8. The van der Waals surface area contributed by atoms with E-state index in [9.17, 15) is 9.59 Å². The highest BCUT2D eigenvalue weighted by molar-refractivity contribution is 5.95. The molecule has 2 N–H and O–H groups in total. The zero-order chi connectivity index (χ0) is 25.8. The number of benzene rings is 3. The molecule has 0 fully saturated rings. The van der Waals surface area contributed by atoms with Crippen LogP contribution < -0.4 is 25.0 Å². The maximum atomic E-state index is 12.5. The van der Waals surface area contributed by atoms with Gasteiger partial charge in [0, 0.05) is 11.3 Å². The summed E-state index contributed by atoms with van der Waals surface area (Å²) in [6.07, 6.45) is 2.37. The number of anilines is 1. The van der Waals surface area contributed by atoms with Gasteiger partial charge in [-0.15, -0.1) is 0 Å². The number of hydrazone groups is 1. The van der Waals surface area contributed by atoms with Crippen molar-refractivity contribution in [2.24, 2.45) is 5.10 Å². The molecule has 0 aromatic heterocycles. The van der Waals surface area contributed by atoms with Crippen LogP contribution in [0.15, 0.2) is 71.8 Å². The molecule has 0 heterocycles. The number of aryl methyl sites for hydroxylation is 1. The maximum absolute atomic E-state index is 12.5. The number of amides is 2. The Labute approximate surface area is 211 Å². The van der Waals surface area contributed by atoms with E-state index in [4.69, 9.17) is 14.2 Å². The van der Waals surface area contributed by atoms with Crippen molar-refractivity contribution < 1.29 is 23.8 Å². The van der Waals surface area contributed by atoms with Gasteiger partial charge < -0.3 is 19.5 Å². The van der Waals surface area contributed by atoms with E-state index in [1.165, 1.54) is 6.21 Å². The fourth-order valence-electron chi connectivity index (χ4n) is 3.15. The summed E-state index contributed by atoms with van der Waals surface area (Å²) < 4.78 is 16.9. The molecule has 0 aliphatic heterocycles. The lowest BCUT2D eigenvalue weighted by Crippen LogP contribution is -2.20. The number of hydrogen-bond donors (Lipinski definition) is 2. The maximum Gasteiger partial charge on any atom is 0.271 e. The SMILES string of the molecule is CCCOc1ccc(C(=O)N/N=C/c2cccc(OCC(=O)Nc3ccc(C)cc3)c2)cc1OCC. The topological polar surface area (TPSA) is 98.3 Å². The first-order chi connectivity index (χ1) is 17.5. The van der Waals surface area contributed by atoms with E-state index in [1.54, 1.807) is 36.4 Å². The first-order valence-corrected chi connectivity index (χ1v) is 11.8. The third kappa shape index (κ3) is 8.16. The van der Waals surface area contributed by atoms with Crippen LogP contribution in [0.4, 0.5) is 5.69 Å². The third-order valence-corrected chi connectivity index (χ3v) is 4.91. The minimum Gasteiger partial charge on any atom is -0.490 e. The van der Waals surface area contributed by atoms with Crippen molar-refractivity contribution in [1.82, 2.24) is 5.43 Å². The number of hydrogen-bond acceptors (Lipinski definition) is 6. The van der Waals surface area contributed by atoms with Crippen LogP contribution in [0.2, 0.25) is 0 Å². The Bertz CT molecular complexity index is 1190. The highest BCUT2D eigenvalue weighted by Gasteiger charge is 2.11. The lowest BCUT2D eigenvalue weighted by Gasteiger charge is -2.12. The second kappa shape index (κ2) is 13.5. The molecule has 0 aliphatic rings. The van der Waals surface area contributed by atoms with E-state index in [0.717, 1.165) is 12.0 Å². The number of rotatable bonds is 12. The van der Waals surface area contributed by atoms with Crippen molar-refractivity contribution in [3.63, 3.8) is 0 Å². The number of carbonyl (C=O) groups is 2. The molecule has 2 amide bonds. The Morgan fingerprint density at radius 1 is 0.917 bits per heavy atom. The third-order valence-electron chi connectivity index (χ3n) is 4.91. The average molecular weight is 490 g/mol. The number of nitrogens with zero attached hydrogens (tertiary/aromatic N) is 1. The predicted molar refractivity (Wildman–Crippen MR) is 140 cm³/mol. The fourth-order valence-corrected chi connectivity index (χ4v) is 3.15. The van der Waals surface area contributed by atoms with Crippen LogP contribution in [-0.4, -0.2) is 37.8 Å². The molecular formula is C28H31N3O5. The molecule has 3 aromatic rings. The summed E-state index contributed by atoms with van der Waals surface area (Å²) in [6.45, 7) is 6.76. The number of ether oxygens (including phenoxy) is 3. The molecule has 8 nitrogen and oxygen atoms in total. The minimum atomic E-state index is -0.380. The van der Waals surface area contributed by atoms with Crippen molar-refractivity contribution in [1.29, 1.82) is 0 Å². The summed E-state index contributed by atoms with van der Waals surface area (Å²) in [4.78, 5) is 24.7. The van der Waals surface area contributed by atoms with E-state index in [2.05, 4.69) is 15.8 Å². The highest BCUT2D eigenvalue weighted by atomic mass is 16.5. The summed E-state index contributed by atoms with van der Waals surface area (Å²) >= 11 is 0. The van der Waals surface area contributed by atoms with Gasteiger partial charge >= 0.3 is 0 Å². The fraction of sp³-hybridized carbons (Fsp3) is 0.250. The summed E-state index contributed by atoms with van der Waals surface area (Å²) in [5.74, 6) is 0.979. The normalized spacial score (nSPS) is 10.6. The van der Waals surface area contributed by atoms with Gasteiger partial charge in [-0.3, -0.25) is 9.59 Å². The van der Waals surface area contributed by atoms with Crippen LogP contribution in [-0.2, 0) is 4.79 Å². The molecule has 36 heavy (non-hydrogen) atoms. The minimum absolute atomic E-state index is 0.134. The lowest BCUT2D eigenvalue weighted by atomic mass is 10.2. The van der Waals surface area contributed by atoms with E-state index < -0.39 is 0 Å². The van der Waals surface area contributed by atoms with Gasteiger partial charge in [-0.05, 0) is 68.3 Å². The molecule has 3 rings (SSSR count). The molecule has 0 saturated heterocycles. The Kier molecular flexibility index (Phi) is 9.88. The number of nitrogens with one attached hydrogen (secondary N) is 2. The van der Waals surface area contributed by atoms with Crippen LogP contribution >= 0.6 is 0 Å². The highest BCUT2D eigenvalue weighted by Crippen LogP contribution is 2.28. The summed E-state index contributed by atoms with van der Waals surface area (Å²) in [5.41, 5.74) is 5.43. The zero-order valence-electron chi connectivity index (χ0n) is 20.7. The van der Waals surface area contributed by atoms with Gasteiger partial charge in [-0.25, -0.2) is 5.43 Å². The van der Waals surface area contributed by atoms with Crippen LogP contribution in [0.1, 0.15) is 41.8 Å². The van der Waals surface area contributed by atoms with Crippen molar-refractivity contribution >= 4 is 23.7 Å². The Morgan fingerprint density at radius 3 is 2.47 bits per heavy atom. The summed E-state index contributed by atoms with van der Waals surface area (Å²) in [7, 11) is 0. The largest absolute Gasteiger partial charge is 0.490 e. The quantitative estimate of drug-likeness (QED) is 0.277. The molecule has 0 unspecified atom stereocenters. The molecule has 0 saturated carbocycles. The molecule has 0 atom stereocenters. The number of carbonyl (C=O) groups excluding carboxylic acids is 2. The van der Waals surface area contributed by atoms with Gasteiger partial charge in [0.1, 0.15) is 5.75 Å². The Hall–Kier alpha value is -4.33. The molecule has 0 radical (unpaired) electrons. The molecule has 8 heteroatoms. The average Bonchev–Trinajstić information content (AvgIpc) is 2.88. The van der Waals surface area contributed by atoms with Gasteiger partial charge in [0.2, 0.25) is 0 Å². The summed E-state index contributed by atoms with van der Waals surface area (Å²) in [5, 5.41) is 6.82. The predicted octanol–water partition coefficient (Wildman–Crippen LogP) is 4.96. The molecule has 0 spiro atoms. The molecule has 188 valence electrons. The van der Waals surface area contributed by atoms with Gasteiger partial charge in [-0.2, -0.15) is 5.10 Å². The Balaban J connectivity index is 1.54. The standard InChI is InChI=1S/C28H31N3O5/c1-4-15-35-25-14-11-22(17-26(25)34-5-2)28(33)31-29-18-21-7-6-8-24(16-21)36-19-27(32)30-23-12-9-20(3)10-13-23/h6-14,16-18H,4-5,15,19H2,1-3H3,(H,30,32)(H,31,33)/b29-18+. The van der Waals surface area contributed by atoms with Crippen LogP contribution in [0.5, 0.6) is 17.2 Å². The second-order valence-electron chi connectivity index (χ2n) is 7.92. The van der Waals surface area contributed by atoms with Gasteiger partial charge in [0.25, 0.3) is 11.8 Å². The van der Waals surface area contributed by atoms with Crippen LogP contribution in [0, 0.1) is 6.92 Å². The second-order valence-corrected chi connectivity index (χ2v) is 7.92. The van der Waals surface area contributed by atoms with E-state index in [1.807, 2.05) is 51.1 Å². The van der Waals surface area contributed by atoms with Crippen molar-refractivity contribution in [2.75, 3.05) is 25.1 Å². The van der Waals surface area contributed by atoms with Gasteiger partial charge in [0.15, 0.2) is 18.1 Å². The summed E-state index contributed by atoms with van der Waals surface area (Å²) in [6, 6.07) is 19.6. The zero-order valence-corrected chi connectivity index (χ0v) is 20.7. The van der Waals surface area contributed by atoms with Crippen molar-refractivity contribution in [2.45, 2.75) is 27.2 Å². The molecule has 0 aliphatic carbocycles. The van der Waals surface area contributed by atoms with E-state index >= 15 is 0 Å². The van der Waals surface area contributed by atoms with Crippen LogP contribution in [0.25, 0.3) is 0 Å². The first kappa shape index (κ1) is 26.3. The van der Waals surface area contributed by atoms with E-state index in [-0.39, 0.29) is 18.4 Å². The van der Waals surface area contributed by atoms with E-state index in [0.29, 0.717) is 47.3 Å². The van der Waals surface area contributed by atoms with Crippen molar-refractivity contribution in [3.05, 3.63) is 83.4 Å². The molecule has 3 aromatic carbocycles. The monoisotopic (exact) mass is 489 g/mol. The smallest absolute Gasteiger partial charge is 0.271 e. The Morgan fingerprint density at radius 2 is 1.72 bits per heavy atom. The van der Waals surface area contributed by atoms with Crippen LogP contribution in [0.3, 0.4) is 0 Å². The van der Waals surface area contributed by atoms with Gasteiger partial charge in [0.05, 0.1) is 19.4 Å². The lowest BCUT2D eigenvalue weighted by molar-refractivity contribution is -0.118. The molecule has 0 bridgehead atoms.